The largest absolute Gasteiger partial charge is 0.345 e. The molecule has 1 saturated carbocycles. The van der Waals surface area contributed by atoms with Gasteiger partial charge in [-0.1, -0.05) is 25.2 Å². The zero-order chi connectivity index (χ0) is 10.8. The van der Waals surface area contributed by atoms with Crippen LogP contribution in [0.3, 0.4) is 0 Å². The third-order valence-electron chi connectivity index (χ3n) is 2.42. The lowest BCUT2D eigenvalue weighted by molar-refractivity contribution is 0.112. The molecule has 4 heteroatoms. The molecule has 1 aliphatic rings. The molecule has 0 radical (unpaired) electrons. The van der Waals surface area contributed by atoms with Crippen molar-refractivity contribution in [3.63, 3.8) is 0 Å². The number of aldehydes is 1. The number of thiazole rings is 1. The van der Waals surface area contributed by atoms with Gasteiger partial charge in [-0.3, -0.25) is 4.79 Å². The molecule has 0 bridgehead atoms. The van der Waals surface area contributed by atoms with Crippen molar-refractivity contribution in [3.8, 4) is 0 Å². The average Bonchev–Trinajstić information content (AvgIpc) is 2.92. The summed E-state index contributed by atoms with van der Waals surface area (Å²) in [6, 6.07) is 0.665. The summed E-state index contributed by atoms with van der Waals surface area (Å²) >= 11 is 1.50. The van der Waals surface area contributed by atoms with Gasteiger partial charge in [0.2, 0.25) is 0 Å². The van der Waals surface area contributed by atoms with Crippen LogP contribution in [0.4, 0.5) is 5.13 Å². The van der Waals surface area contributed by atoms with Crippen LogP contribution >= 0.6 is 11.3 Å². The third-order valence-corrected chi connectivity index (χ3v) is 3.38. The van der Waals surface area contributed by atoms with Gasteiger partial charge in [-0.15, -0.1) is 0 Å². The average molecular weight is 224 g/mol. The van der Waals surface area contributed by atoms with Crippen LogP contribution in [0.2, 0.25) is 0 Å². The lowest BCUT2D eigenvalue weighted by Gasteiger charge is -2.23. The van der Waals surface area contributed by atoms with Gasteiger partial charge in [0.1, 0.15) is 0 Å². The number of hydrogen-bond donors (Lipinski definition) is 0. The molecule has 0 saturated heterocycles. The van der Waals surface area contributed by atoms with Crippen molar-refractivity contribution in [2.75, 3.05) is 11.4 Å². The highest BCUT2D eigenvalue weighted by molar-refractivity contribution is 7.17. The fourth-order valence-corrected chi connectivity index (χ4v) is 2.44. The van der Waals surface area contributed by atoms with E-state index in [1.54, 1.807) is 6.20 Å². The molecule has 1 heterocycles. The fraction of sp³-hybridized carbons (Fsp3) is 0.636. The van der Waals surface area contributed by atoms with Crippen molar-refractivity contribution in [2.45, 2.75) is 32.7 Å². The zero-order valence-electron chi connectivity index (χ0n) is 9.14. The summed E-state index contributed by atoms with van der Waals surface area (Å²) in [6.07, 6.45) is 5.08. The minimum Gasteiger partial charge on any atom is -0.345 e. The van der Waals surface area contributed by atoms with Crippen molar-refractivity contribution < 1.29 is 4.79 Å². The number of carbonyl (C=O) groups excluding carboxylic acids is 1. The first-order chi connectivity index (χ1) is 7.20. The topological polar surface area (TPSA) is 33.2 Å². The summed E-state index contributed by atoms with van der Waals surface area (Å²) in [4.78, 5) is 18.0. The molecular formula is C11H16N2OS. The second-order valence-electron chi connectivity index (χ2n) is 4.44. The van der Waals surface area contributed by atoms with Crippen molar-refractivity contribution in [1.29, 1.82) is 0 Å². The van der Waals surface area contributed by atoms with Crippen LogP contribution in [0, 0.1) is 5.92 Å². The van der Waals surface area contributed by atoms with E-state index in [0.29, 0.717) is 12.0 Å². The van der Waals surface area contributed by atoms with E-state index >= 15 is 0 Å². The second-order valence-corrected chi connectivity index (χ2v) is 5.48. The Labute approximate surface area is 94.1 Å². The van der Waals surface area contributed by atoms with E-state index in [9.17, 15) is 4.79 Å². The van der Waals surface area contributed by atoms with E-state index in [1.807, 2.05) is 0 Å². The zero-order valence-corrected chi connectivity index (χ0v) is 9.96. The van der Waals surface area contributed by atoms with Crippen LogP contribution in [0.1, 0.15) is 36.4 Å². The Bertz CT molecular complexity index is 344. The predicted octanol–water partition coefficient (Wildman–Crippen LogP) is 2.58. The molecule has 0 unspecified atom stereocenters. The van der Waals surface area contributed by atoms with Gasteiger partial charge < -0.3 is 4.90 Å². The molecule has 15 heavy (non-hydrogen) atoms. The first-order valence-corrected chi connectivity index (χ1v) is 6.20. The van der Waals surface area contributed by atoms with Gasteiger partial charge in [-0.25, -0.2) is 4.98 Å². The van der Waals surface area contributed by atoms with Crippen molar-refractivity contribution >= 4 is 22.8 Å². The van der Waals surface area contributed by atoms with E-state index in [-0.39, 0.29) is 0 Å². The number of carbonyl (C=O) groups is 1. The van der Waals surface area contributed by atoms with Crippen LogP contribution < -0.4 is 4.90 Å². The molecule has 2 rings (SSSR count). The van der Waals surface area contributed by atoms with Gasteiger partial charge >= 0.3 is 0 Å². The quantitative estimate of drug-likeness (QED) is 0.721. The Hall–Kier alpha value is -0.900. The molecule has 1 aromatic rings. The first-order valence-electron chi connectivity index (χ1n) is 5.38. The van der Waals surface area contributed by atoms with Crippen LogP contribution in [0.25, 0.3) is 0 Å². The van der Waals surface area contributed by atoms with E-state index in [4.69, 9.17) is 0 Å². The van der Waals surface area contributed by atoms with Gasteiger partial charge in [0.05, 0.1) is 11.1 Å². The Kier molecular flexibility index (Phi) is 3.05. The highest BCUT2D eigenvalue weighted by Crippen LogP contribution is 2.34. The maximum atomic E-state index is 10.6. The minimum atomic E-state index is 0.634. The molecule has 0 aliphatic heterocycles. The van der Waals surface area contributed by atoms with E-state index in [0.717, 1.165) is 22.8 Å². The lowest BCUT2D eigenvalue weighted by atomic mass is 10.2. The van der Waals surface area contributed by atoms with Crippen LogP contribution in [-0.4, -0.2) is 23.9 Å². The number of nitrogens with zero attached hydrogens (tertiary/aromatic N) is 2. The molecule has 0 amide bonds. The van der Waals surface area contributed by atoms with Crippen molar-refractivity contribution in [1.82, 2.24) is 4.98 Å². The smallest absolute Gasteiger partial charge is 0.186 e. The molecule has 1 aliphatic carbocycles. The van der Waals surface area contributed by atoms with Crippen LogP contribution in [-0.2, 0) is 0 Å². The molecule has 3 nitrogen and oxygen atoms in total. The Morgan fingerprint density at radius 2 is 2.40 bits per heavy atom. The molecule has 1 fully saturated rings. The van der Waals surface area contributed by atoms with Gasteiger partial charge in [-0.2, -0.15) is 0 Å². The number of rotatable bonds is 5. The number of aromatic nitrogens is 1. The minimum absolute atomic E-state index is 0.634. The predicted molar refractivity (Wildman–Crippen MR) is 62.7 cm³/mol. The van der Waals surface area contributed by atoms with E-state index in [1.165, 1.54) is 24.2 Å². The number of hydrogen-bond acceptors (Lipinski definition) is 4. The standard InChI is InChI=1S/C11H16N2OS/c1-8(2)6-13(9-3-4-9)11-12-5-10(7-14)15-11/h5,7-9H,3-4,6H2,1-2H3. The van der Waals surface area contributed by atoms with Gasteiger partial charge in [0.15, 0.2) is 11.4 Å². The molecule has 1 aromatic heterocycles. The molecule has 0 aromatic carbocycles. The Morgan fingerprint density at radius 1 is 1.67 bits per heavy atom. The third kappa shape index (κ3) is 2.56. The van der Waals surface area contributed by atoms with Gasteiger partial charge in [0, 0.05) is 12.6 Å². The summed E-state index contributed by atoms with van der Waals surface area (Å²) in [5.74, 6) is 0.634. The Morgan fingerprint density at radius 3 is 2.87 bits per heavy atom. The van der Waals surface area contributed by atoms with Crippen molar-refractivity contribution in [2.24, 2.45) is 5.92 Å². The summed E-state index contributed by atoms with van der Waals surface area (Å²) in [6.45, 7) is 5.46. The normalized spacial score (nSPS) is 15.7. The van der Waals surface area contributed by atoms with Gasteiger partial charge in [-0.05, 0) is 18.8 Å². The molecule has 0 N–H and O–H groups in total. The van der Waals surface area contributed by atoms with Crippen molar-refractivity contribution in [3.05, 3.63) is 11.1 Å². The summed E-state index contributed by atoms with van der Waals surface area (Å²) in [5.41, 5.74) is 0. The molecule has 82 valence electrons. The second kappa shape index (κ2) is 4.31. The summed E-state index contributed by atoms with van der Waals surface area (Å²) < 4.78 is 0. The Balaban J connectivity index is 2.12. The molecule has 0 atom stereocenters. The van der Waals surface area contributed by atoms with E-state index < -0.39 is 0 Å². The SMILES string of the molecule is CC(C)CN(c1ncc(C=O)s1)C1CC1. The van der Waals surface area contributed by atoms with Crippen LogP contribution in [0.15, 0.2) is 6.20 Å². The summed E-state index contributed by atoms with van der Waals surface area (Å²) in [5, 5.41) is 1.01. The fourth-order valence-electron chi connectivity index (χ4n) is 1.63. The molecule has 0 spiro atoms. The van der Waals surface area contributed by atoms with Gasteiger partial charge in [0.25, 0.3) is 0 Å². The molecular weight excluding hydrogens is 208 g/mol. The number of anilines is 1. The highest BCUT2D eigenvalue weighted by atomic mass is 32.1. The maximum Gasteiger partial charge on any atom is 0.186 e. The lowest BCUT2D eigenvalue weighted by Crippen LogP contribution is -2.29. The monoisotopic (exact) mass is 224 g/mol. The summed E-state index contributed by atoms with van der Waals surface area (Å²) in [7, 11) is 0. The van der Waals surface area contributed by atoms with E-state index in [2.05, 4.69) is 23.7 Å². The highest BCUT2D eigenvalue weighted by Gasteiger charge is 2.31. The maximum absolute atomic E-state index is 10.6. The first kappa shape index (κ1) is 10.6. The van der Waals surface area contributed by atoms with Crippen LogP contribution in [0.5, 0.6) is 0 Å².